The van der Waals surface area contributed by atoms with Crippen LogP contribution in [0, 0.1) is 22.6 Å². The number of likely N-dealkylation sites (N-methyl/N-ethyl adjacent to an activating group) is 1. The van der Waals surface area contributed by atoms with Crippen LogP contribution in [0.3, 0.4) is 0 Å². The van der Waals surface area contributed by atoms with Crippen molar-refractivity contribution in [1.82, 2.24) is 51.1 Å². The summed E-state index contributed by atoms with van der Waals surface area (Å²) >= 11 is 0. The molecule has 7 rings (SSSR count). The predicted molar refractivity (Wildman–Crippen MR) is 285 cm³/mol. The molecular weight excluding hydrogens is 974 g/mol. The molecule has 21 heteroatoms. The number of amides is 5. The van der Waals surface area contributed by atoms with Gasteiger partial charge in [-0.2, -0.15) is 10.4 Å². The van der Waals surface area contributed by atoms with E-state index in [1.165, 1.54) is 27.8 Å². The first kappa shape index (κ1) is 56.7. The number of hydrogen-bond acceptors (Lipinski definition) is 14. The monoisotopic (exact) mass is 1050 g/mol. The maximum atomic E-state index is 14.7. The number of halogens is 1. The van der Waals surface area contributed by atoms with Crippen LogP contribution in [0.15, 0.2) is 60.8 Å². The number of carbonyl (C=O) groups excluding carboxylic acids is 5. The average molecular weight is 1050 g/mol. The number of rotatable bonds is 21. The molecule has 0 aliphatic carbocycles. The quantitative estimate of drug-likeness (QED) is 0.0647. The lowest BCUT2D eigenvalue weighted by Gasteiger charge is -2.36. The topological polar surface area (TPSA) is 254 Å². The summed E-state index contributed by atoms with van der Waals surface area (Å²) in [5, 5.41) is 30.7. The van der Waals surface area contributed by atoms with Crippen LogP contribution >= 0.6 is 0 Å². The molecule has 2 fully saturated rings. The van der Waals surface area contributed by atoms with Gasteiger partial charge in [-0.25, -0.2) is 9.37 Å². The van der Waals surface area contributed by atoms with E-state index in [1.54, 1.807) is 32.1 Å². The number of anilines is 2. The second-order valence-electron chi connectivity index (χ2n) is 20.8. The average Bonchev–Trinajstić information content (AvgIpc) is 4.16. The molecule has 0 spiro atoms. The van der Waals surface area contributed by atoms with Crippen molar-refractivity contribution >= 4 is 41.0 Å². The fraction of sp³-hybridized carbons (Fsp3) is 0.527. The van der Waals surface area contributed by atoms with Crippen LogP contribution in [0.25, 0.3) is 11.1 Å². The molecule has 5 amide bonds. The number of fused-ring (bicyclic) bond motifs is 8. The number of nitriles is 1. The minimum atomic E-state index is -0.874. The Morgan fingerprint density at radius 3 is 2.47 bits per heavy atom. The van der Waals surface area contributed by atoms with Crippen molar-refractivity contribution < 1.29 is 37.8 Å². The second-order valence-corrected chi connectivity index (χ2v) is 20.8. The maximum Gasteiger partial charge on any atom is 0.254 e. The highest BCUT2D eigenvalue weighted by Gasteiger charge is 2.45. The molecule has 2 aromatic heterocycles. The summed E-state index contributed by atoms with van der Waals surface area (Å²) < 4.78 is 27.8. The number of benzene rings is 2. The summed E-state index contributed by atoms with van der Waals surface area (Å²) in [6, 6.07) is 15.2. The van der Waals surface area contributed by atoms with Crippen LogP contribution in [-0.4, -0.2) is 145 Å². The van der Waals surface area contributed by atoms with Crippen LogP contribution < -0.4 is 37.2 Å². The summed E-state index contributed by atoms with van der Waals surface area (Å²) in [5.41, 5.74) is 10.1. The lowest BCUT2D eigenvalue weighted by molar-refractivity contribution is -0.144. The van der Waals surface area contributed by atoms with Gasteiger partial charge in [-0.1, -0.05) is 58.0 Å². The molecule has 2 aromatic carbocycles. The van der Waals surface area contributed by atoms with E-state index >= 15 is 0 Å². The highest BCUT2D eigenvalue weighted by atomic mass is 19.1. The Balaban J connectivity index is 0.882. The van der Waals surface area contributed by atoms with Crippen molar-refractivity contribution in [3.63, 3.8) is 0 Å². The number of likely N-dealkylation sites (tertiary alicyclic amines) is 1. The minimum absolute atomic E-state index is 0.0422. The first-order chi connectivity index (χ1) is 36.4. The predicted octanol–water partition coefficient (Wildman–Crippen LogP) is 3.97. The van der Waals surface area contributed by atoms with Crippen LogP contribution in [0.1, 0.15) is 112 Å². The van der Waals surface area contributed by atoms with Crippen molar-refractivity contribution in [3.8, 4) is 17.2 Å². The summed E-state index contributed by atoms with van der Waals surface area (Å²) in [6.45, 7) is 12.1. The van der Waals surface area contributed by atoms with E-state index in [1.807, 2.05) is 69.0 Å². The first-order valence-corrected chi connectivity index (χ1v) is 26.3. The molecule has 6 atom stereocenters. The molecular formula is C55H74FN13O7. The summed E-state index contributed by atoms with van der Waals surface area (Å²) in [4.78, 5) is 78.0. The largest absolute Gasteiger partial charge is 0.382 e. The molecule has 4 aromatic rings. The smallest absolute Gasteiger partial charge is 0.254 e. The molecule has 76 heavy (non-hydrogen) atoms. The second kappa shape index (κ2) is 25.7. The number of nitrogens with zero attached hydrogens (tertiary/aromatic N) is 7. The molecule has 5 heterocycles. The van der Waals surface area contributed by atoms with Gasteiger partial charge in [0, 0.05) is 68.6 Å². The van der Waals surface area contributed by atoms with Crippen molar-refractivity contribution in [2.45, 2.75) is 116 Å². The van der Waals surface area contributed by atoms with Gasteiger partial charge < -0.3 is 56.5 Å². The van der Waals surface area contributed by atoms with E-state index in [0.29, 0.717) is 72.6 Å². The number of pyridine rings is 1. The molecule has 3 aliphatic heterocycles. The van der Waals surface area contributed by atoms with Gasteiger partial charge in [0.1, 0.15) is 35.5 Å². The lowest BCUT2D eigenvalue weighted by atomic mass is 9.85. The summed E-state index contributed by atoms with van der Waals surface area (Å²) in [6.07, 6.45) is 4.18. The molecule has 2 saturated heterocycles. The molecule has 7 N–H and O–H groups in total. The Morgan fingerprint density at radius 1 is 1.01 bits per heavy atom. The molecule has 0 unspecified atom stereocenters. The molecule has 0 saturated carbocycles. The van der Waals surface area contributed by atoms with Gasteiger partial charge >= 0.3 is 0 Å². The fourth-order valence-corrected chi connectivity index (χ4v) is 10.2. The highest BCUT2D eigenvalue weighted by molar-refractivity contribution is 5.96. The van der Waals surface area contributed by atoms with Crippen LogP contribution in [0.4, 0.5) is 15.9 Å². The van der Waals surface area contributed by atoms with Gasteiger partial charge in [0.05, 0.1) is 69.0 Å². The Hall–Kier alpha value is -6.99. The van der Waals surface area contributed by atoms with Crippen LogP contribution in [0.2, 0.25) is 0 Å². The van der Waals surface area contributed by atoms with E-state index < -0.39 is 29.4 Å². The third kappa shape index (κ3) is 13.5. The zero-order chi connectivity index (χ0) is 54.7. The molecule has 2 bridgehead atoms. The summed E-state index contributed by atoms with van der Waals surface area (Å²) in [5.74, 6) is -1.63. The Bertz CT molecular complexity index is 2740. The van der Waals surface area contributed by atoms with Gasteiger partial charge in [-0.3, -0.25) is 28.7 Å². The zero-order valence-electron chi connectivity index (χ0n) is 44.8. The third-order valence-electron chi connectivity index (χ3n) is 14.4. The summed E-state index contributed by atoms with van der Waals surface area (Å²) in [7, 11) is 3.32. The Kier molecular flexibility index (Phi) is 19.2. The number of nitrogen functional groups attached to an aromatic ring is 1. The molecule has 408 valence electrons. The van der Waals surface area contributed by atoms with Crippen molar-refractivity contribution in [2.75, 3.05) is 77.3 Å². The first-order valence-electron chi connectivity index (χ1n) is 26.3. The van der Waals surface area contributed by atoms with E-state index in [4.69, 9.17) is 20.3 Å². The Morgan fingerprint density at radius 2 is 1.76 bits per heavy atom. The number of aromatic nitrogens is 3. The van der Waals surface area contributed by atoms with E-state index in [-0.39, 0.29) is 112 Å². The van der Waals surface area contributed by atoms with Gasteiger partial charge in [0.15, 0.2) is 0 Å². The van der Waals surface area contributed by atoms with Gasteiger partial charge in [0.2, 0.25) is 23.6 Å². The molecule has 20 nitrogen and oxygen atoms in total. The van der Waals surface area contributed by atoms with Crippen molar-refractivity contribution in [1.29, 1.82) is 5.26 Å². The third-order valence-corrected chi connectivity index (χ3v) is 14.4. The molecule has 3 aliphatic rings. The van der Waals surface area contributed by atoms with Crippen molar-refractivity contribution in [2.24, 2.45) is 5.41 Å². The van der Waals surface area contributed by atoms with Gasteiger partial charge in [-0.15, -0.1) is 0 Å². The van der Waals surface area contributed by atoms with Crippen molar-refractivity contribution in [3.05, 3.63) is 94.7 Å². The van der Waals surface area contributed by atoms with Gasteiger partial charge in [0.25, 0.3) is 5.91 Å². The number of nitrogens with one attached hydrogen (secondary N) is 5. The zero-order valence-corrected chi connectivity index (χ0v) is 44.8. The van der Waals surface area contributed by atoms with Crippen LogP contribution in [-0.2, 0) is 41.7 Å². The standard InChI is InChI=1S/C55H74FN13O7/c1-8-41(35-13-10-9-11-14-35)63-52(72)45-29-38(32-68(45)54(74)49(55(3,4)5)64-51(71)34(2)59-6)60-20-24-76-26-25-75-23-18-47(70)61-19-22-69-46(30-57)48-36-27-44(50(58)62-31-36)67-21-12-15-43(67)40-28-37(56)16-17-39(40)53(73)66(7)33-42(48)65-69/h9-11,13-14,16-17,27-28,31,34,38,41,43,45,49,59-60H,8,12,15,18-26,29,32-33H2,1-7H3,(H2,58,62)(H,61,70)(H,63,72)(H,64,71)/t34-,38-,41+,43-,45-,49+/m1/s1. The van der Waals surface area contributed by atoms with Gasteiger partial charge in [-0.05, 0) is 80.5 Å². The lowest BCUT2D eigenvalue weighted by Crippen LogP contribution is -2.59. The fourth-order valence-electron chi connectivity index (χ4n) is 10.2. The normalized spacial score (nSPS) is 18.5. The molecule has 0 radical (unpaired) electrons. The van der Waals surface area contributed by atoms with Crippen LogP contribution in [0.5, 0.6) is 0 Å². The maximum absolute atomic E-state index is 14.7. The number of ether oxygens (including phenoxy) is 2. The Labute approximate surface area is 444 Å². The SMILES string of the molecule is CC[C@H](NC(=O)[C@H]1C[C@@H](NCCOCCOCCC(=O)NCCn2nc3c(c2C#N)-c2cnc(N)c(c2)N2CCC[C@@H]2c2cc(F)ccc2C(=O)N(C)C3)CN1C(=O)[C@H](NC(=O)[C@@H](C)NC)C(C)(C)C)c1ccccc1. The van der Waals surface area contributed by atoms with E-state index in [0.717, 1.165) is 12.0 Å². The number of nitrogens with two attached hydrogens (primary N) is 1. The van der Waals surface area contributed by atoms with E-state index in [9.17, 15) is 33.6 Å². The van der Waals surface area contributed by atoms with E-state index in [2.05, 4.69) is 37.6 Å². The number of carbonyl (C=O) groups is 5. The highest BCUT2D eigenvalue weighted by Crippen LogP contribution is 2.42. The number of hydrogen-bond donors (Lipinski definition) is 6. The minimum Gasteiger partial charge on any atom is -0.382 e.